The molecule has 0 aliphatic carbocycles. The monoisotopic (exact) mass is 487 g/mol. The number of amides is 1. The summed E-state index contributed by atoms with van der Waals surface area (Å²) >= 11 is 1.22. The smallest absolute Gasteiger partial charge is 0.283 e. The normalized spacial score (nSPS) is 16.5. The van der Waals surface area contributed by atoms with E-state index in [1.807, 2.05) is 55.7 Å². The van der Waals surface area contributed by atoms with Gasteiger partial charge in [0.25, 0.3) is 5.91 Å². The van der Waals surface area contributed by atoms with E-state index in [0.717, 1.165) is 34.0 Å². The van der Waals surface area contributed by atoms with Crippen molar-refractivity contribution in [2.24, 2.45) is 10.1 Å². The van der Waals surface area contributed by atoms with Gasteiger partial charge < -0.3 is 9.30 Å². The van der Waals surface area contributed by atoms with Crippen LogP contribution in [0.5, 0.6) is 5.75 Å². The Morgan fingerprint density at radius 1 is 1.11 bits per heavy atom. The summed E-state index contributed by atoms with van der Waals surface area (Å²) in [6, 6.07) is 15.8. The summed E-state index contributed by atoms with van der Waals surface area (Å²) in [7, 11) is 0. The predicted octanol–water partition coefficient (Wildman–Crippen LogP) is 5.24. The maximum atomic E-state index is 13.4. The molecule has 9 heteroatoms. The molecule has 0 fully saturated rings. The zero-order valence-corrected chi connectivity index (χ0v) is 20.2. The number of hydrazone groups is 1. The third-order valence-electron chi connectivity index (χ3n) is 5.80. The third kappa shape index (κ3) is 4.30. The number of carbonyl (C=O) groups excluding carboxylic acids is 1. The number of rotatable bonds is 5. The summed E-state index contributed by atoms with van der Waals surface area (Å²) < 4.78 is 21.2. The Bertz CT molecular complexity index is 1450. The number of ether oxygens (including phenoxy) is 1. The second-order valence-electron chi connectivity index (χ2n) is 8.21. The molecule has 176 valence electrons. The molecule has 0 bridgehead atoms. The average molecular weight is 488 g/mol. The molecule has 1 N–H and O–H groups in total. The van der Waals surface area contributed by atoms with Crippen molar-refractivity contribution in [3.05, 3.63) is 88.5 Å². The number of amidine groups is 2. The van der Waals surface area contributed by atoms with Crippen LogP contribution < -0.4 is 4.74 Å². The lowest BCUT2D eigenvalue weighted by molar-refractivity contribution is -0.114. The first-order chi connectivity index (χ1) is 16.8. The molecule has 0 spiro atoms. The van der Waals surface area contributed by atoms with Crippen molar-refractivity contribution in [2.45, 2.75) is 20.8 Å². The van der Waals surface area contributed by atoms with Gasteiger partial charge in [-0.1, -0.05) is 18.2 Å². The molecule has 3 aromatic rings. The van der Waals surface area contributed by atoms with Gasteiger partial charge in [0, 0.05) is 17.1 Å². The quantitative estimate of drug-likeness (QED) is 0.499. The molecular weight excluding hydrogens is 465 g/mol. The number of aryl methyl sites for hydroxylation is 2. The first kappa shape index (κ1) is 22.8. The Labute approximate surface area is 206 Å². The van der Waals surface area contributed by atoms with E-state index in [4.69, 9.17) is 10.1 Å². The molecule has 0 atom stereocenters. The number of hydrogen-bond acceptors (Lipinski definition) is 5. The maximum absolute atomic E-state index is 13.4. The topological polar surface area (TPSA) is 83.0 Å². The number of nitrogens with one attached hydrogen (secondary N) is 1. The summed E-state index contributed by atoms with van der Waals surface area (Å²) in [6.07, 6.45) is 1.66. The summed E-state index contributed by atoms with van der Waals surface area (Å²) in [4.78, 5) is 17.0. The highest BCUT2D eigenvalue weighted by Gasteiger charge is 2.36. The number of para-hydroxylation sites is 1. The molecule has 2 aromatic carbocycles. The van der Waals surface area contributed by atoms with Gasteiger partial charge in [0.1, 0.15) is 23.2 Å². The minimum atomic E-state index is -0.489. The lowest BCUT2D eigenvalue weighted by Gasteiger charge is -2.20. The van der Waals surface area contributed by atoms with Gasteiger partial charge in [-0.25, -0.2) is 4.39 Å². The van der Waals surface area contributed by atoms with Crippen molar-refractivity contribution in [3.8, 4) is 11.4 Å². The van der Waals surface area contributed by atoms with Crippen LogP contribution >= 0.6 is 11.8 Å². The highest BCUT2D eigenvalue weighted by atomic mass is 32.2. The second-order valence-corrected chi connectivity index (χ2v) is 9.25. The lowest BCUT2D eigenvalue weighted by Crippen LogP contribution is -2.35. The van der Waals surface area contributed by atoms with Crippen molar-refractivity contribution >= 4 is 39.8 Å². The standard InChI is InChI=1S/C26H22FN5O2S/c1-15-6-4-5-7-22(15)34-14-23-30-32-24(28)21(25(33)29-26(32)35-23)13-18-12-16(2)31(17(18)3)20-10-8-19(27)9-11-20/h4-13,28H,14H2,1-3H3/b21-13-,28-24?. The van der Waals surface area contributed by atoms with E-state index in [0.29, 0.717) is 10.2 Å². The number of aromatic nitrogens is 1. The summed E-state index contributed by atoms with van der Waals surface area (Å²) in [5, 5.41) is 15.4. The number of fused-ring (bicyclic) bond motifs is 1. The van der Waals surface area contributed by atoms with E-state index in [2.05, 4.69) is 10.1 Å². The van der Waals surface area contributed by atoms with Gasteiger partial charge in [-0.3, -0.25) is 10.2 Å². The van der Waals surface area contributed by atoms with Gasteiger partial charge in [-0.15, -0.1) is 0 Å². The van der Waals surface area contributed by atoms with Crippen LogP contribution in [0.3, 0.4) is 0 Å². The fourth-order valence-corrected chi connectivity index (χ4v) is 4.82. The van der Waals surface area contributed by atoms with Crippen molar-refractivity contribution in [1.82, 2.24) is 9.58 Å². The van der Waals surface area contributed by atoms with Crippen LogP contribution in [0.2, 0.25) is 0 Å². The van der Waals surface area contributed by atoms with Crippen LogP contribution in [0.4, 0.5) is 4.39 Å². The van der Waals surface area contributed by atoms with E-state index in [-0.39, 0.29) is 23.8 Å². The van der Waals surface area contributed by atoms with Gasteiger partial charge in [0.05, 0.1) is 5.57 Å². The summed E-state index contributed by atoms with van der Waals surface area (Å²) in [5.74, 6) is -0.0753. The minimum Gasteiger partial charge on any atom is -0.486 e. The first-order valence-corrected chi connectivity index (χ1v) is 11.8. The second kappa shape index (κ2) is 8.99. The van der Waals surface area contributed by atoms with Gasteiger partial charge in [0.15, 0.2) is 5.84 Å². The molecule has 5 rings (SSSR count). The van der Waals surface area contributed by atoms with Gasteiger partial charge in [-0.05, 0) is 86.1 Å². The van der Waals surface area contributed by atoms with Crippen molar-refractivity contribution in [2.75, 3.05) is 6.61 Å². The Morgan fingerprint density at radius 3 is 2.60 bits per heavy atom. The number of halogens is 1. The Balaban J connectivity index is 1.40. The highest BCUT2D eigenvalue weighted by Crippen LogP contribution is 2.30. The zero-order valence-electron chi connectivity index (χ0n) is 19.4. The molecule has 1 amide bonds. The molecule has 0 unspecified atom stereocenters. The molecule has 1 aromatic heterocycles. The van der Waals surface area contributed by atoms with Crippen molar-refractivity contribution < 1.29 is 13.9 Å². The third-order valence-corrected chi connectivity index (χ3v) is 6.68. The lowest BCUT2D eigenvalue weighted by atomic mass is 10.1. The Hall–Kier alpha value is -3.98. The average Bonchev–Trinajstić information content (AvgIpc) is 3.36. The molecule has 0 radical (unpaired) electrons. The molecule has 3 heterocycles. The highest BCUT2D eigenvalue weighted by molar-refractivity contribution is 8.27. The van der Waals surface area contributed by atoms with Crippen LogP contribution in [-0.2, 0) is 4.79 Å². The van der Waals surface area contributed by atoms with Gasteiger partial charge >= 0.3 is 0 Å². The van der Waals surface area contributed by atoms with Crippen LogP contribution in [0.1, 0.15) is 22.5 Å². The number of carbonyl (C=O) groups is 1. The van der Waals surface area contributed by atoms with E-state index in [1.54, 1.807) is 18.2 Å². The Kier molecular flexibility index (Phi) is 5.86. The Morgan fingerprint density at radius 2 is 1.86 bits per heavy atom. The molecule has 0 saturated heterocycles. The van der Waals surface area contributed by atoms with Crippen molar-refractivity contribution in [1.29, 1.82) is 5.41 Å². The van der Waals surface area contributed by atoms with E-state index in [9.17, 15) is 9.18 Å². The van der Waals surface area contributed by atoms with Crippen LogP contribution in [0, 0.1) is 32.0 Å². The molecule has 2 aliphatic heterocycles. The number of hydrogen-bond donors (Lipinski definition) is 1. The fraction of sp³-hybridized carbons (Fsp3) is 0.154. The molecule has 2 aliphatic rings. The number of aliphatic imine (C=N–C) groups is 1. The van der Waals surface area contributed by atoms with E-state index in [1.165, 1.54) is 28.9 Å². The van der Waals surface area contributed by atoms with Gasteiger partial charge in [-0.2, -0.15) is 15.1 Å². The SMILES string of the molecule is Cc1ccccc1OCC1=NN2C(=N)/C(=C/c3cc(C)n(-c4ccc(F)cc4)c3C)C(=O)N=C2S1. The predicted molar refractivity (Wildman–Crippen MR) is 137 cm³/mol. The van der Waals surface area contributed by atoms with Gasteiger partial charge in [0.2, 0.25) is 5.17 Å². The molecule has 35 heavy (non-hydrogen) atoms. The summed E-state index contributed by atoms with van der Waals surface area (Å²) in [6.45, 7) is 6.03. The number of thioether (sulfide) groups is 1. The zero-order chi connectivity index (χ0) is 24.7. The van der Waals surface area contributed by atoms with E-state index < -0.39 is 5.91 Å². The fourth-order valence-electron chi connectivity index (χ4n) is 4.02. The number of nitrogens with zero attached hydrogens (tertiary/aromatic N) is 4. The minimum absolute atomic E-state index is 0.0371. The largest absolute Gasteiger partial charge is 0.486 e. The number of benzene rings is 2. The summed E-state index contributed by atoms with van der Waals surface area (Å²) in [5.41, 5.74) is 4.54. The molecule has 0 saturated carbocycles. The van der Waals surface area contributed by atoms with Crippen molar-refractivity contribution in [3.63, 3.8) is 0 Å². The van der Waals surface area contributed by atoms with E-state index >= 15 is 0 Å². The maximum Gasteiger partial charge on any atom is 0.283 e. The first-order valence-electron chi connectivity index (χ1n) is 10.9. The molecular formula is C26H22FN5O2S. The van der Waals surface area contributed by atoms with Crippen LogP contribution in [0.25, 0.3) is 11.8 Å². The molecule has 7 nitrogen and oxygen atoms in total. The van der Waals surface area contributed by atoms with Crippen LogP contribution in [-0.4, -0.2) is 38.1 Å². The van der Waals surface area contributed by atoms with Crippen LogP contribution in [0.15, 0.2) is 70.3 Å².